The minimum Gasteiger partial charge on any atom is -0.425 e. The van der Waals surface area contributed by atoms with Crippen molar-refractivity contribution >= 4 is 11.9 Å². The molecule has 0 amide bonds. The number of carbonyl (C=O) groups excluding carboxylic acids is 2. The van der Waals surface area contributed by atoms with Gasteiger partial charge in [0.1, 0.15) is 11.5 Å². The van der Waals surface area contributed by atoms with Gasteiger partial charge in [-0.2, -0.15) is 0 Å². The average molecular weight is 282 g/mol. The predicted octanol–water partition coefficient (Wildman–Crippen LogP) is 2.78. The monoisotopic (exact) mass is 282 g/mol. The Kier molecular flexibility index (Phi) is 3.01. The fraction of sp³-hybridized carbons (Fsp3) is 0.176. The van der Waals surface area contributed by atoms with E-state index in [-0.39, 0.29) is 0 Å². The molecule has 0 aliphatic carbocycles. The van der Waals surface area contributed by atoms with E-state index in [1.807, 2.05) is 19.1 Å². The number of para-hydroxylation sites is 1. The van der Waals surface area contributed by atoms with Crippen LogP contribution in [0.5, 0.6) is 11.5 Å². The molecular formula is C17H14O4. The van der Waals surface area contributed by atoms with Gasteiger partial charge in [0.25, 0.3) is 0 Å². The Balaban J connectivity index is 1.99. The molecule has 0 saturated heterocycles. The van der Waals surface area contributed by atoms with Crippen molar-refractivity contribution in [3.63, 3.8) is 0 Å². The highest BCUT2D eigenvalue weighted by atomic mass is 16.6. The molecule has 1 atom stereocenters. The summed E-state index contributed by atoms with van der Waals surface area (Å²) in [6.45, 7) is 3.43. The van der Waals surface area contributed by atoms with E-state index in [4.69, 9.17) is 9.47 Å². The average Bonchev–Trinajstić information content (AvgIpc) is 2.73. The van der Waals surface area contributed by atoms with Crippen LogP contribution in [-0.2, 0) is 15.0 Å². The van der Waals surface area contributed by atoms with Crippen molar-refractivity contribution in [1.82, 2.24) is 0 Å². The van der Waals surface area contributed by atoms with Crippen LogP contribution in [0.1, 0.15) is 18.1 Å². The normalized spacial score (nSPS) is 19.8. The third-order valence-corrected chi connectivity index (χ3v) is 3.65. The van der Waals surface area contributed by atoms with Crippen molar-refractivity contribution in [2.24, 2.45) is 0 Å². The van der Waals surface area contributed by atoms with Crippen molar-refractivity contribution in [2.45, 2.75) is 19.3 Å². The molecule has 0 saturated carbocycles. The van der Waals surface area contributed by atoms with Gasteiger partial charge in [-0.3, -0.25) is 9.59 Å². The lowest BCUT2D eigenvalue weighted by molar-refractivity contribution is -0.151. The quantitative estimate of drug-likeness (QED) is 0.483. The van der Waals surface area contributed by atoms with E-state index < -0.39 is 17.4 Å². The van der Waals surface area contributed by atoms with Crippen LogP contribution in [0.15, 0.2) is 48.5 Å². The number of esters is 2. The summed E-state index contributed by atoms with van der Waals surface area (Å²) in [4.78, 5) is 24.7. The summed E-state index contributed by atoms with van der Waals surface area (Å²) >= 11 is 0. The molecule has 1 aliphatic rings. The minimum absolute atomic E-state index is 0.401. The number of carbonyl (C=O) groups is 2. The largest absolute Gasteiger partial charge is 0.425 e. The summed E-state index contributed by atoms with van der Waals surface area (Å²) in [6, 6.07) is 14.0. The van der Waals surface area contributed by atoms with Gasteiger partial charge < -0.3 is 9.47 Å². The second-order valence-electron chi connectivity index (χ2n) is 5.22. The van der Waals surface area contributed by atoms with E-state index in [2.05, 4.69) is 0 Å². The van der Waals surface area contributed by atoms with E-state index in [9.17, 15) is 9.59 Å². The topological polar surface area (TPSA) is 52.6 Å². The Bertz CT molecular complexity index is 721. The van der Waals surface area contributed by atoms with Crippen LogP contribution >= 0.6 is 0 Å². The van der Waals surface area contributed by atoms with Gasteiger partial charge in [-0.15, -0.1) is 0 Å². The van der Waals surface area contributed by atoms with Crippen molar-refractivity contribution in [2.75, 3.05) is 0 Å². The molecule has 1 aliphatic heterocycles. The maximum atomic E-state index is 12.5. The first-order valence-electron chi connectivity index (χ1n) is 6.62. The molecule has 0 fully saturated rings. The highest BCUT2D eigenvalue weighted by Crippen LogP contribution is 2.41. The molecule has 2 aromatic carbocycles. The lowest BCUT2D eigenvalue weighted by Crippen LogP contribution is -2.42. The molecule has 4 nitrogen and oxygen atoms in total. The van der Waals surface area contributed by atoms with Gasteiger partial charge in [-0.05, 0) is 32.0 Å². The molecule has 106 valence electrons. The Labute approximate surface area is 122 Å². The Morgan fingerprint density at radius 2 is 1.86 bits per heavy atom. The highest BCUT2D eigenvalue weighted by molar-refractivity contribution is 6.10. The Hall–Kier alpha value is -2.62. The number of hydrogen-bond acceptors (Lipinski definition) is 4. The SMILES string of the molecule is Cc1ccc2c(c1)C(C)(C(=O)Oc1ccccc1)C(=O)O2. The Morgan fingerprint density at radius 3 is 2.57 bits per heavy atom. The van der Waals surface area contributed by atoms with Crippen molar-refractivity contribution in [3.05, 3.63) is 59.7 Å². The maximum absolute atomic E-state index is 12.5. The lowest BCUT2D eigenvalue weighted by Gasteiger charge is -2.18. The van der Waals surface area contributed by atoms with Gasteiger partial charge in [0.15, 0.2) is 5.41 Å². The number of benzene rings is 2. The molecule has 21 heavy (non-hydrogen) atoms. The fourth-order valence-electron chi connectivity index (χ4n) is 2.33. The van der Waals surface area contributed by atoms with Crippen LogP contribution in [0.25, 0.3) is 0 Å². The van der Waals surface area contributed by atoms with Gasteiger partial charge in [0, 0.05) is 5.56 Å². The standard InChI is InChI=1S/C17H14O4/c1-11-8-9-14-13(10-11)17(2,16(19)21-14)15(18)20-12-6-4-3-5-7-12/h3-10H,1-2H3. The van der Waals surface area contributed by atoms with Crippen LogP contribution in [0.3, 0.4) is 0 Å². The summed E-state index contributed by atoms with van der Waals surface area (Å²) in [5, 5.41) is 0. The van der Waals surface area contributed by atoms with Gasteiger partial charge in [0.05, 0.1) is 0 Å². The van der Waals surface area contributed by atoms with Gasteiger partial charge >= 0.3 is 11.9 Å². The Morgan fingerprint density at radius 1 is 1.14 bits per heavy atom. The zero-order chi connectivity index (χ0) is 15.0. The predicted molar refractivity (Wildman–Crippen MR) is 76.2 cm³/mol. The van der Waals surface area contributed by atoms with Crippen LogP contribution in [0.2, 0.25) is 0 Å². The number of rotatable bonds is 2. The number of ether oxygens (including phenoxy) is 2. The van der Waals surface area contributed by atoms with E-state index >= 15 is 0 Å². The molecule has 2 aromatic rings. The van der Waals surface area contributed by atoms with Gasteiger partial charge in [0.2, 0.25) is 0 Å². The van der Waals surface area contributed by atoms with E-state index in [1.54, 1.807) is 36.4 Å². The third kappa shape index (κ3) is 2.09. The van der Waals surface area contributed by atoms with E-state index in [0.717, 1.165) is 5.56 Å². The molecular weight excluding hydrogens is 268 g/mol. The summed E-state index contributed by atoms with van der Waals surface area (Å²) in [6.07, 6.45) is 0. The molecule has 1 heterocycles. The smallest absolute Gasteiger partial charge is 0.333 e. The van der Waals surface area contributed by atoms with E-state index in [1.165, 1.54) is 6.92 Å². The van der Waals surface area contributed by atoms with Crippen LogP contribution in [-0.4, -0.2) is 11.9 Å². The lowest BCUT2D eigenvalue weighted by atomic mass is 9.83. The van der Waals surface area contributed by atoms with Gasteiger partial charge in [-0.25, -0.2) is 0 Å². The minimum atomic E-state index is -1.43. The zero-order valence-electron chi connectivity index (χ0n) is 11.8. The molecule has 0 aromatic heterocycles. The second-order valence-corrected chi connectivity index (χ2v) is 5.22. The first kappa shape index (κ1) is 13.4. The van der Waals surface area contributed by atoms with Crippen molar-refractivity contribution in [3.8, 4) is 11.5 Å². The van der Waals surface area contributed by atoms with Gasteiger partial charge in [-0.1, -0.05) is 35.9 Å². The first-order valence-corrected chi connectivity index (χ1v) is 6.62. The summed E-state index contributed by atoms with van der Waals surface area (Å²) in [5.41, 5.74) is 0.0659. The third-order valence-electron chi connectivity index (χ3n) is 3.65. The van der Waals surface area contributed by atoms with E-state index in [0.29, 0.717) is 17.1 Å². The maximum Gasteiger partial charge on any atom is 0.333 e. The molecule has 0 spiro atoms. The molecule has 0 N–H and O–H groups in total. The summed E-state index contributed by atoms with van der Waals surface area (Å²) in [7, 11) is 0. The molecule has 0 radical (unpaired) electrons. The second kappa shape index (κ2) is 4.74. The zero-order valence-corrected chi connectivity index (χ0v) is 11.8. The number of fused-ring (bicyclic) bond motifs is 1. The first-order chi connectivity index (χ1) is 10.0. The molecule has 1 unspecified atom stereocenters. The van der Waals surface area contributed by atoms with Crippen molar-refractivity contribution in [1.29, 1.82) is 0 Å². The fourth-order valence-corrected chi connectivity index (χ4v) is 2.33. The molecule has 4 heteroatoms. The summed E-state index contributed by atoms with van der Waals surface area (Å²) < 4.78 is 10.5. The van der Waals surface area contributed by atoms with Crippen LogP contribution in [0, 0.1) is 6.92 Å². The molecule has 3 rings (SSSR count). The molecule has 0 bridgehead atoms. The van der Waals surface area contributed by atoms with Crippen LogP contribution < -0.4 is 9.47 Å². The number of aryl methyl sites for hydroxylation is 1. The summed E-state index contributed by atoms with van der Waals surface area (Å²) in [5.74, 6) is -0.428. The van der Waals surface area contributed by atoms with Crippen LogP contribution in [0.4, 0.5) is 0 Å². The number of hydrogen-bond donors (Lipinski definition) is 0. The highest BCUT2D eigenvalue weighted by Gasteiger charge is 2.53. The van der Waals surface area contributed by atoms with Crippen molar-refractivity contribution < 1.29 is 19.1 Å².